The molecule has 3 rings (SSSR count). The van der Waals surface area contributed by atoms with Gasteiger partial charge in [-0.15, -0.1) is 0 Å². The van der Waals surface area contributed by atoms with Crippen molar-refractivity contribution in [1.29, 1.82) is 0 Å². The van der Waals surface area contributed by atoms with Gasteiger partial charge in [0, 0.05) is 27.3 Å². The van der Waals surface area contributed by atoms with Gasteiger partial charge in [0.15, 0.2) is 11.6 Å². The maximum Gasteiger partial charge on any atom is 0.416 e. The Kier molecular flexibility index (Phi) is 7.43. The largest absolute Gasteiger partial charge is 0.416 e. The molecule has 8 nitrogen and oxygen atoms in total. The lowest BCUT2D eigenvalue weighted by atomic mass is 10.0. The Balaban J connectivity index is 1.88. The maximum atomic E-state index is 13.1. The van der Waals surface area contributed by atoms with Gasteiger partial charge in [-0.05, 0) is 37.3 Å². The molecule has 1 unspecified atom stereocenters. The zero-order chi connectivity index (χ0) is 26.9. The average Bonchev–Trinajstić information content (AvgIpc) is 3.28. The second-order valence-electron chi connectivity index (χ2n) is 7.73. The molecule has 0 aliphatic carbocycles. The summed E-state index contributed by atoms with van der Waals surface area (Å²) in [6.07, 6.45) is -6.18. The number of pyridine rings is 1. The molecular formula is C21H20F6N6O2S. The highest BCUT2D eigenvalue weighted by Crippen LogP contribution is 2.36. The third-order valence-corrected chi connectivity index (χ3v) is 6.61. The number of alkyl halides is 6. The molecule has 0 aliphatic heterocycles. The summed E-state index contributed by atoms with van der Waals surface area (Å²) in [5, 5.41) is 6.34. The van der Waals surface area contributed by atoms with Crippen molar-refractivity contribution in [2.45, 2.75) is 32.2 Å². The molecule has 0 fully saturated rings. The fourth-order valence-electron chi connectivity index (χ4n) is 3.00. The summed E-state index contributed by atoms with van der Waals surface area (Å²) in [5.74, 6) is -0.486. The summed E-state index contributed by atoms with van der Waals surface area (Å²) in [6, 6.07) is 2.68. The van der Waals surface area contributed by atoms with Crippen LogP contribution in [0.5, 0.6) is 0 Å². The summed E-state index contributed by atoms with van der Waals surface area (Å²) >= 11 is 0. The molecule has 1 amide bonds. The Morgan fingerprint density at radius 3 is 2.19 bits per heavy atom. The Morgan fingerprint density at radius 2 is 1.69 bits per heavy atom. The van der Waals surface area contributed by atoms with Gasteiger partial charge in [0.05, 0.1) is 29.1 Å². The van der Waals surface area contributed by atoms with E-state index in [1.807, 2.05) is 0 Å². The molecule has 15 heteroatoms. The van der Waals surface area contributed by atoms with Crippen LogP contribution in [-0.4, -0.2) is 41.9 Å². The highest BCUT2D eigenvalue weighted by Gasteiger charge is 2.37. The van der Waals surface area contributed by atoms with Crippen molar-refractivity contribution in [3.05, 3.63) is 65.4 Å². The first-order chi connectivity index (χ1) is 16.6. The van der Waals surface area contributed by atoms with E-state index in [2.05, 4.69) is 24.7 Å². The lowest BCUT2D eigenvalue weighted by Gasteiger charge is -2.17. The van der Waals surface area contributed by atoms with Crippen molar-refractivity contribution >= 4 is 21.3 Å². The summed E-state index contributed by atoms with van der Waals surface area (Å²) in [7, 11) is -2.41. The van der Waals surface area contributed by atoms with E-state index in [9.17, 15) is 35.3 Å². The topological polar surface area (TPSA) is 102 Å². The first kappa shape index (κ1) is 27.1. The number of nitrogens with zero attached hydrogens (tertiary/aromatic N) is 5. The van der Waals surface area contributed by atoms with Crippen LogP contribution < -0.4 is 5.32 Å². The van der Waals surface area contributed by atoms with Gasteiger partial charge in [0.2, 0.25) is 0 Å². The molecule has 2 atom stereocenters. The molecule has 1 aromatic carbocycles. The van der Waals surface area contributed by atoms with E-state index in [4.69, 9.17) is 0 Å². The van der Waals surface area contributed by atoms with Crippen molar-refractivity contribution < 1.29 is 35.3 Å². The number of halogens is 6. The van der Waals surface area contributed by atoms with Crippen LogP contribution in [0.1, 0.15) is 47.2 Å². The zero-order valence-corrected chi connectivity index (χ0v) is 19.9. The predicted molar refractivity (Wildman–Crippen MR) is 118 cm³/mol. The summed E-state index contributed by atoms with van der Waals surface area (Å²) < 4.78 is 96.2. The Hall–Kier alpha value is -3.49. The van der Waals surface area contributed by atoms with Crippen molar-refractivity contribution in [3.8, 4) is 5.82 Å². The van der Waals surface area contributed by atoms with Crippen LogP contribution in [0.25, 0.3) is 5.82 Å². The van der Waals surface area contributed by atoms with Gasteiger partial charge < -0.3 is 5.32 Å². The summed E-state index contributed by atoms with van der Waals surface area (Å²) in [4.78, 5) is 20.8. The fourth-order valence-corrected chi connectivity index (χ4v) is 3.68. The van der Waals surface area contributed by atoms with Crippen molar-refractivity contribution in [2.24, 2.45) is 4.36 Å². The monoisotopic (exact) mass is 534 g/mol. The molecule has 0 spiro atoms. The molecule has 0 saturated heterocycles. The zero-order valence-electron chi connectivity index (χ0n) is 19.1. The lowest BCUT2D eigenvalue weighted by molar-refractivity contribution is -0.143. The Labute approximate surface area is 201 Å². The van der Waals surface area contributed by atoms with Crippen LogP contribution in [0.2, 0.25) is 0 Å². The molecule has 2 aromatic heterocycles. The number of benzene rings is 1. The van der Waals surface area contributed by atoms with Crippen molar-refractivity contribution in [3.63, 3.8) is 0 Å². The Bertz CT molecular complexity index is 1340. The second-order valence-corrected chi connectivity index (χ2v) is 10.4. The fraction of sp³-hybridized carbons (Fsp3) is 0.333. The number of carbonyl (C=O) groups excluding carboxylic acids is 1. The maximum absolute atomic E-state index is 13.1. The van der Waals surface area contributed by atoms with Crippen LogP contribution in [0.4, 0.5) is 32.0 Å². The van der Waals surface area contributed by atoms with Crippen LogP contribution in [0.15, 0.2) is 47.2 Å². The number of aromatic nitrogens is 4. The molecule has 1 N–H and O–H groups in total. The van der Waals surface area contributed by atoms with Crippen molar-refractivity contribution in [1.82, 2.24) is 25.1 Å². The van der Waals surface area contributed by atoms with E-state index in [0.717, 1.165) is 6.33 Å². The minimum absolute atomic E-state index is 0.0596. The smallest absolute Gasteiger partial charge is 0.342 e. The summed E-state index contributed by atoms with van der Waals surface area (Å²) in [6.45, 7) is 3.15. The molecule has 194 valence electrons. The molecule has 2 heterocycles. The highest BCUT2D eigenvalue weighted by molar-refractivity contribution is 7.93. The number of rotatable bonds is 6. The normalized spacial score (nSPS) is 14.7. The van der Waals surface area contributed by atoms with Gasteiger partial charge in [-0.25, -0.2) is 14.2 Å². The lowest BCUT2D eigenvalue weighted by Crippen LogP contribution is -2.29. The molecule has 0 aliphatic rings. The molecule has 36 heavy (non-hydrogen) atoms. The minimum atomic E-state index is -5.09. The van der Waals surface area contributed by atoms with Gasteiger partial charge >= 0.3 is 12.4 Å². The Morgan fingerprint density at radius 1 is 1.08 bits per heavy atom. The van der Waals surface area contributed by atoms with Gasteiger partial charge in [-0.2, -0.15) is 40.5 Å². The van der Waals surface area contributed by atoms with Crippen LogP contribution in [0, 0.1) is 0 Å². The quantitative estimate of drug-likeness (QED) is 0.452. The third-order valence-electron chi connectivity index (χ3n) is 4.94. The highest BCUT2D eigenvalue weighted by atomic mass is 32.2. The third kappa shape index (κ3) is 6.38. The predicted octanol–water partition coefficient (Wildman–Crippen LogP) is 4.94. The minimum Gasteiger partial charge on any atom is -0.342 e. The average molecular weight is 534 g/mol. The molecule has 0 bridgehead atoms. The van der Waals surface area contributed by atoms with Crippen LogP contribution in [-0.2, 0) is 22.1 Å². The van der Waals surface area contributed by atoms with Crippen LogP contribution >= 0.6 is 0 Å². The van der Waals surface area contributed by atoms with Gasteiger partial charge in [0.25, 0.3) is 5.91 Å². The number of amides is 1. The summed E-state index contributed by atoms with van der Waals surface area (Å²) in [5.41, 5.74) is -3.67. The molecule has 3 aromatic rings. The molecule has 0 saturated carbocycles. The number of carbonyl (C=O) groups is 1. The first-order valence-corrected chi connectivity index (χ1v) is 12.4. The standard InChI is InChI=1S/C21H20F6N6O2S/c1-4-36(3,35)32-16-5-6-17(28-10-16)33-18(29-11-30-33)12(2)31-19(34)13-7-14(20(22,23)24)9-15(8-13)21(25,26)27/h5-12H,4H2,1-3H3,(H,31,34)/t12-,36?/m0/s1. The number of nitrogens with one attached hydrogen (secondary N) is 1. The number of hydrogen-bond donors (Lipinski definition) is 1. The van der Waals surface area contributed by atoms with E-state index < -0.39 is 50.7 Å². The first-order valence-electron chi connectivity index (χ1n) is 10.3. The van der Waals surface area contributed by atoms with Gasteiger partial charge in [-0.1, -0.05) is 6.92 Å². The molecule has 0 radical (unpaired) electrons. The van der Waals surface area contributed by atoms with Gasteiger partial charge in [-0.3, -0.25) is 4.79 Å². The van der Waals surface area contributed by atoms with Crippen molar-refractivity contribution in [2.75, 3.05) is 12.0 Å². The van der Waals surface area contributed by atoms with E-state index >= 15 is 0 Å². The van der Waals surface area contributed by atoms with E-state index in [1.54, 1.807) is 6.92 Å². The van der Waals surface area contributed by atoms with E-state index in [-0.39, 0.29) is 17.7 Å². The SMILES string of the molecule is CCS(C)(=O)=Nc1ccc(-n2ncnc2[C@H](C)NC(=O)c2cc(C(F)(F)F)cc(C(F)(F)F)c2)nc1. The second kappa shape index (κ2) is 9.87. The number of hydrogen-bond acceptors (Lipinski definition) is 6. The van der Waals surface area contributed by atoms with E-state index in [0.29, 0.717) is 23.6 Å². The van der Waals surface area contributed by atoms with Gasteiger partial charge in [0.1, 0.15) is 6.33 Å². The van der Waals surface area contributed by atoms with E-state index in [1.165, 1.54) is 36.2 Å². The molecular weight excluding hydrogens is 514 g/mol. The van der Waals surface area contributed by atoms with Crippen LogP contribution in [0.3, 0.4) is 0 Å².